The molecule has 0 aliphatic carbocycles. The molecular formula is C15H16N2O3. The molecule has 1 atom stereocenters. The molecule has 2 aromatic rings. The first kappa shape index (κ1) is 14.0. The van der Waals surface area contributed by atoms with E-state index in [2.05, 4.69) is 5.10 Å². The van der Waals surface area contributed by atoms with Crippen LogP contribution in [0.2, 0.25) is 0 Å². The molecule has 0 fully saturated rings. The van der Waals surface area contributed by atoms with E-state index in [0.29, 0.717) is 17.7 Å². The van der Waals surface area contributed by atoms with Crippen molar-refractivity contribution in [3.05, 3.63) is 53.9 Å². The molecule has 0 spiro atoms. The Morgan fingerprint density at radius 2 is 1.90 bits per heavy atom. The Morgan fingerprint density at radius 1 is 1.25 bits per heavy atom. The van der Waals surface area contributed by atoms with Gasteiger partial charge in [0.05, 0.1) is 12.1 Å². The highest BCUT2D eigenvalue weighted by Crippen LogP contribution is 2.08. The largest absolute Gasteiger partial charge is 0.457 e. The highest BCUT2D eigenvalue weighted by Gasteiger charge is 2.13. The van der Waals surface area contributed by atoms with E-state index in [1.165, 1.54) is 6.92 Å². The van der Waals surface area contributed by atoms with Crippen molar-refractivity contribution >= 4 is 11.8 Å². The van der Waals surface area contributed by atoms with Crippen LogP contribution in [0.15, 0.2) is 42.7 Å². The van der Waals surface area contributed by atoms with Gasteiger partial charge < -0.3 is 4.74 Å². The van der Waals surface area contributed by atoms with Crippen LogP contribution in [0.1, 0.15) is 34.6 Å². The number of benzene rings is 1. The number of aromatic nitrogens is 2. The fourth-order valence-electron chi connectivity index (χ4n) is 1.80. The van der Waals surface area contributed by atoms with Crippen molar-refractivity contribution in [2.75, 3.05) is 0 Å². The minimum atomic E-state index is -0.403. The van der Waals surface area contributed by atoms with Gasteiger partial charge in [-0.05, 0) is 32.0 Å². The molecule has 0 bridgehead atoms. The molecule has 0 amide bonds. The number of esters is 1. The second-order valence-corrected chi connectivity index (χ2v) is 4.58. The molecule has 1 aromatic heterocycles. The first-order valence-electron chi connectivity index (χ1n) is 6.35. The van der Waals surface area contributed by atoms with E-state index in [9.17, 15) is 9.59 Å². The predicted octanol–water partition coefficient (Wildman–Crippen LogP) is 2.33. The molecule has 5 nitrogen and oxygen atoms in total. The van der Waals surface area contributed by atoms with Crippen molar-refractivity contribution in [3.63, 3.8) is 0 Å². The Hall–Kier alpha value is -2.43. The number of hydrogen-bond donors (Lipinski definition) is 0. The number of nitrogens with zero attached hydrogens (tertiary/aromatic N) is 2. The zero-order chi connectivity index (χ0) is 14.5. The molecule has 0 unspecified atom stereocenters. The predicted molar refractivity (Wildman–Crippen MR) is 73.6 cm³/mol. The zero-order valence-corrected chi connectivity index (χ0v) is 11.4. The summed E-state index contributed by atoms with van der Waals surface area (Å²) in [5.41, 5.74) is 1.01. The van der Waals surface area contributed by atoms with E-state index in [4.69, 9.17) is 4.74 Å². The summed E-state index contributed by atoms with van der Waals surface area (Å²) in [4.78, 5) is 23.1. The molecule has 1 heterocycles. The molecule has 0 N–H and O–H groups in total. The van der Waals surface area contributed by atoms with Crippen LogP contribution in [0.5, 0.6) is 0 Å². The van der Waals surface area contributed by atoms with Gasteiger partial charge in [-0.25, -0.2) is 4.79 Å². The lowest BCUT2D eigenvalue weighted by Gasteiger charge is -2.13. The van der Waals surface area contributed by atoms with Crippen LogP contribution < -0.4 is 0 Å². The fourth-order valence-corrected chi connectivity index (χ4v) is 1.80. The second kappa shape index (κ2) is 6.14. The van der Waals surface area contributed by atoms with Crippen LogP contribution in [0, 0.1) is 0 Å². The summed E-state index contributed by atoms with van der Waals surface area (Å²) in [5.74, 6) is -0.434. The summed E-state index contributed by atoms with van der Waals surface area (Å²) in [7, 11) is 0. The van der Waals surface area contributed by atoms with Crippen LogP contribution in [-0.4, -0.2) is 27.6 Å². The van der Waals surface area contributed by atoms with Gasteiger partial charge in [-0.1, -0.05) is 12.1 Å². The standard InChI is InChI=1S/C15H16N2O3/c1-11(10-17-9-3-8-16-17)20-15(19)14-6-4-13(5-7-14)12(2)18/h3-9,11H,10H2,1-2H3/t11-/m0/s1. The van der Waals surface area contributed by atoms with Crippen molar-refractivity contribution < 1.29 is 14.3 Å². The monoisotopic (exact) mass is 272 g/mol. The minimum Gasteiger partial charge on any atom is -0.457 e. The molecule has 0 aliphatic rings. The average Bonchev–Trinajstić information content (AvgIpc) is 2.91. The van der Waals surface area contributed by atoms with E-state index in [0.717, 1.165) is 0 Å². The molecule has 104 valence electrons. The van der Waals surface area contributed by atoms with Crippen LogP contribution in [-0.2, 0) is 11.3 Å². The lowest BCUT2D eigenvalue weighted by Crippen LogP contribution is -2.21. The third-order valence-electron chi connectivity index (χ3n) is 2.84. The summed E-state index contributed by atoms with van der Waals surface area (Å²) >= 11 is 0. The molecule has 5 heteroatoms. The highest BCUT2D eigenvalue weighted by atomic mass is 16.5. The van der Waals surface area contributed by atoms with Crippen molar-refractivity contribution in [1.82, 2.24) is 9.78 Å². The SMILES string of the molecule is CC(=O)c1ccc(C(=O)O[C@@H](C)Cn2cccn2)cc1. The van der Waals surface area contributed by atoms with Crippen molar-refractivity contribution in [1.29, 1.82) is 0 Å². The minimum absolute atomic E-state index is 0.0306. The molecule has 1 aromatic carbocycles. The van der Waals surface area contributed by atoms with Gasteiger partial charge in [0, 0.05) is 18.0 Å². The third-order valence-corrected chi connectivity index (χ3v) is 2.84. The maximum absolute atomic E-state index is 11.9. The third kappa shape index (κ3) is 3.54. The van der Waals surface area contributed by atoms with E-state index < -0.39 is 5.97 Å². The van der Waals surface area contributed by atoms with E-state index in [1.807, 2.05) is 19.2 Å². The van der Waals surface area contributed by atoms with E-state index in [-0.39, 0.29) is 11.9 Å². The van der Waals surface area contributed by atoms with Crippen molar-refractivity contribution in [2.45, 2.75) is 26.5 Å². The van der Waals surface area contributed by atoms with Gasteiger partial charge in [0.25, 0.3) is 0 Å². The van der Waals surface area contributed by atoms with Gasteiger partial charge in [-0.15, -0.1) is 0 Å². The molecule has 2 rings (SSSR count). The first-order valence-corrected chi connectivity index (χ1v) is 6.35. The van der Waals surface area contributed by atoms with E-state index in [1.54, 1.807) is 35.1 Å². The van der Waals surface area contributed by atoms with Crippen molar-refractivity contribution in [3.8, 4) is 0 Å². The zero-order valence-electron chi connectivity index (χ0n) is 11.4. The number of carbonyl (C=O) groups is 2. The van der Waals surface area contributed by atoms with Crippen LogP contribution >= 0.6 is 0 Å². The van der Waals surface area contributed by atoms with Crippen LogP contribution in [0.3, 0.4) is 0 Å². The lowest BCUT2D eigenvalue weighted by molar-refractivity contribution is 0.0298. The molecular weight excluding hydrogens is 256 g/mol. The Bertz CT molecular complexity index is 588. The number of rotatable bonds is 5. The summed E-state index contributed by atoms with van der Waals surface area (Å²) in [6.07, 6.45) is 3.20. The van der Waals surface area contributed by atoms with Gasteiger partial charge in [-0.2, -0.15) is 5.10 Å². The fraction of sp³-hybridized carbons (Fsp3) is 0.267. The number of hydrogen-bond acceptors (Lipinski definition) is 4. The summed E-state index contributed by atoms with van der Waals surface area (Å²) in [5, 5.41) is 4.06. The van der Waals surface area contributed by atoms with Crippen LogP contribution in [0.25, 0.3) is 0 Å². The maximum atomic E-state index is 11.9. The maximum Gasteiger partial charge on any atom is 0.338 e. The summed E-state index contributed by atoms with van der Waals surface area (Å²) in [6.45, 7) is 3.80. The number of ether oxygens (including phenoxy) is 1. The summed E-state index contributed by atoms with van der Waals surface area (Å²) < 4.78 is 7.03. The molecule has 0 saturated carbocycles. The molecule has 0 saturated heterocycles. The highest BCUT2D eigenvalue weighted by molar-refractivity contribution is 5.96. The molecule has 0 radical (unpaired) electrons. The van der Waals surface area contributed by atoms with Crippen molar-refractivity contribution in [2.24, 2.45) is 0 Å². The summed E-state index contributed by atoms with van der Waals surface area (Å²) in [6, 6.07) is 8.25. The molecule has 20 heavy (non-hydrogen) atoms. The quantitative estimate of drug-likeness (QED) is 0.619. The normalized spacial score (nSPS) is 11.9. The van der Waals surface area contributed by atoms with Gasteiger partial charge in [0.15, 0.2) is 5.78 Å². The number of Topliss-reactive ketones (excluding diaryl/α,β-unsaturated/α-hetero) is 1. The van der Waals surface area contributed by atoms with Gasteiger partial charge in [0.2, 0.25) is 0 Å². The van der Waals surface area contributed by atoms with Gasteiger partial charge >= 0.3 is 5.97 Å². The smallest absolute Gasteiger partial charge is 0.338 e. The Balaban J connectivity index is 1.95. The Labute approximate surface area is 117 Å². The first-order chi connectivity index (χ1) is 9.56. The topological polar surface area (TPSA) is 61.2 Å². The number of ketones is 1. The Morgan fingerprint density at radius 3 is 2.45 bits per heavy atom. The van der Waals surface area contributed by atoms with Gasteiger partial charge in [-0.3, -0.25) is 9.48 Å². The number of carbonyl (C=O) groups excluding carboxylic acids is 2. The molecule has 0 aliphatic heterocycles. The van der Waals surface area contributed by atoms with Crippen LogP contribution in [0.4, 0.5) is 0 Å². The second-order valence-electron chi connectivity index (χ2n) is 4.58. The average molecular weight is 272 g/mol. The Kier molecular flexibility index (Phi) is 4.30. The van der Waals surface area contributed by atoms with Gasteiger partial charge in [0.1, 0.15) is 6.10 Å². The van der Waals surface area contributed by atoms with E-state index >= 15 is 0 Å². The lowest BCUT2D eigenvalue weighted by atomic mass is 10.1.